The Labute approximate surface area is 245 Å². The van der Waals surface area contributed by atoms with E-state index in [9.17, 15) is 4.79 Å². The Morgan fingerprint density at radius 1 is 0.429 bits per heavy atom. The molecule has 0 aromatic heterocycles. The van der Waals surface area contributed by atoms with E-state index in [0.717, 1.165) is 0 Å². The van der Waals surface area contributed by atoms with Crippen molar-refractivity contribution in [3.8, 4) is 23.0 Å². The molecule has 1 aliphatic heterocycles. The molecule has 3 aromatic rings. The smallest absolute Gasteiger partial charge is 0.323 e. The molecular weight excluding hydrogens is 544 g/mol. The summed E-state index contributed by atoms with van der Waals surface area (Å²) >= 11 is 0. The summed E-state index contributed by atoms with van der Waals surface area (Å²) in [4.78, 5) is 12.5. The Hall–Kier alpha value is -4.03. The maximum atomic E-state index is 12.5. The van der Waals surface area contributed by atoms with Gasteiger partial charge in [0.1, 0.15) is 26.4 Å². The number of hydrogen-bond donors (Lipinski definition) is 2. The molecule has 0 spiro atoms. The second kappa shape index (κ2) is 18.4. The lowest BCUT2D eigenvalue weighted by atomic mass is 10.2. The highest BCUT2D eigenvalue weighted by Gasteiger charge is 2.10. The number of benzene rings is 3. The molecule has 0 atom stereocenters. The van der Waals surface area contributed by atoms with Crippen LogP contribution in [0.2, 0.25) is 0 Å². The molecule has 11 nitrogen and oxygen atoms in total. The molecular formula is C31H38N2O9. The number of amides is 2. The number of carbonyl (C=O) groups is 1. The van der Waals surface area contributed by atoms with E-state index in [4.69, 9.17) is 37.9 Å². The van der Waals surface area contributed by atoms with Crippen LogP contribution in [0.3, 0.4) is 0 Å². The third-order valence-corrected chi connectivity index (χ3v) is 5.77. The van der Waals surface area contributed by atoms with Crippen molar-refractivity contribution >= 4 is 17.4 Å². The minimum atomic E-state index is -0.369. The van der Waals surface area contributed by atoms with Crippen LogP contribution >= 0.6 is 0 Å². The van der Waals surface area contributed by atoms with Gasteiger partial charge in [-0.25, -0.2) is 4.79 Å². The number of urea groups is 1. The molecule has 3 aromatic carbocycles. The van der Waals surface area contributed by atoms with Crippen LogP contribution in [0.25, 0.3) is 0 Å². The Morgan fingerprint density at radius 2 is 0.833 bits per heavy atom. The van der Waals surface area contributed by atoms with Crippen molar-refractivity contribution in [2.75, 3.05) is 89.9 Å². The standard InChI is InChI=1S/C31H38N2O9/c34-31(32-25-6-2-1-3-7-25)33-26-10-11-29-30(24-26)42-23-19-38-15-14-36-17-21-40-28-9-5-4-8-27(28)39-20-16-35-12-13-37-18-22-41-29/h1-11,24H,12-23H2,(H2,32,33,34). The first-order valence-electron chi connectivity index (χ1n) is 14.0. The maximum Gasteiger partial charge on any atom is 0.323 e. The first kappa shape index (κ1) is 30.9. The lowest BCUT2D eigenvalue weighted by Gasteiger charge is -2.16. The van der Waals surface area contributed by atoms with Gasteiger partial charge >= 0.3 is 6.03 Å². The summed E-state index contributed by atoms with van der Waals surface area (Å²) < 4.78 is 45.9. The highest BCUT2D eigenvalue weighted by Crippen LogP contribution is 2.31. The Bertz CT molecular complexity index is 1200. The van der Waals surface area contributed by atoms with Crippen molar-refractivity contribution in [2.45, 2.75) is 0 Å². The molecule has 0 saturated carbocycles. The number of ether oxygens (including phenoxy) is 8. The maximum absolute atomic E-state index is 12.5. The van der Waals surface area contributed by atoms with Crippen molar-refractivity contribution < 1.29 is 42.7 Å². The number of hydrogen-bond acceptors (Lipinski definition) is 9. The van der Waals surface area contributed by atoms with E-state index in [0.29, 0.717) is 107 Å². The molecule has 226 valence electrons. The van der Waals surface area contributed by atoms with Gasteiger partial charge in [0.2, 0.25) is 0 Å². The van der Waals surface area contributed by atoms with Gasteiger partial charge in [-0.3, -0.25) is 0 Å². The second-order valence-electron chi connectivity index (χ2n) is 8.90. The molecule has 2 N–H and O–H groups in total. The number of fused-ring (bicyclic) bond motifs is 2. The first-order chi connectivity index (χ1) is 20.8. The molecule has 42 heavy (non-hydrogen) atoms. The van der Waals surface area contributed by atoms with Gasteiger partial charge in [0.15, 0.2) is 23.0 Å². The summed E-state index contributed by atoms with van der Waals surface area (Å²) in [5.41, 5.74) is 1.24. The van der Waals surface area contributed by atoms with E-state index < -0.39 is 0 Å². The van der Waals surface area contributed by atoms with Gasteiger partial charge in [0, 0.05) is 17.4 Å². The van der Waals surface area contributed by atoms with E-state index in [1.54, 1.807) is 18.2 Å². The summed E-state index contributed by atoms with van der Waals surface area (Å²) in [6, 6.07) is 21.5. The highest BCUT2D eigenvalue weighted by atomic mass is 16.6. The van der Waals surface area contributed by atoms with Crippen LogP contribution in [0.15, 0.2) is 72.8 Å². The zero-order valence-electron chi connectivity index (χ0n) is 23.6. The summed E-state index contributed by atoms with van der Waals surface area (Å²) in [7, 11) is 0. The third-order valence-electron chi connectivity index (χ3n) is 5.77. The van der Waals surface area contributed by atoms with Crippen LogP contribution in [-0.2, 0) is 18.9 Å². The van der Waals surface area contributed by atoms with Crippen LogP contribution < -0.4 is 29.6 Å². The molecule has 0 saturated heterocycles. The quantitative estimate of drug-likeness (QED) is 0.447. The average molecular weight is 583 g/mol. The fourth-order valence-electron chi connectivity index (χ4n) is 3.81. The Balaban J connectivity index is 1.28. The molecule has 0 fully saturated rings. The fourth-order valence-corrected chi connectivity index (χ4v) is 3.81. The highest BCUT2D eigenvalue weighted by molar-refractivity contribution is 5.99. The summed E-state index contributed by atoms with van der Waals surface area (Å²) in [5, 5.41) is 5.61. The van der Waals surface area contributed by atoms with E-state index in [1.165, 1.54) is 0 Å². The predicted octanol–water partition coefficient (Wildman–Crippen LogP) is 4.63. The number of anilines is 2. The van der Waals surface area contributed by atoms with Crippen molar-refractivity contribution in [3.05, 3.63) is 72.8 Å². The monoisotopic (exact) mass is 582 g/mol. The third kappa shape index (κ3) is 11.5. The first-order valence-corrected chi connectivity index (χ1v) is 14.0. The van der Waals surface area contributed by atoms with Gasteiger partial charge < -0.3 is 48.5 Å². The van der Waals surface area contributed by atoms with Gasteiger partial charge in [-0.1, -0.05) is 30.3 Å². The molecule has 0 bridgehead atoms. The predicted molar refractivity (Wildman–Crippen MR) is 157 cm³/mol. The largest absolute Gasteiger partial charge is 0.487 e. The lowest BCUT2D eigenvalue weighted by Crippen LogP contribution is -2.19. The van der Waals surface area contributed by atoms with Crippen molar-refractivity contribution in [1.29, 1.82) is 0 Å². The average Bonchev–Trinajstić information content (AvgIpc) is 3.00. The number of carbonyl (C=O) groups excluding carboxylic acids is 1. The minimum Gasteiger partial charge on any atom is -0.487 e. The number of rotatable bonds is 2. The molecule has 2 amide bonds. The Morgan fingerprint density at radius 3 is 1.36 bits per heavy atom. The summed E-state index contributed by atoms with van der Waals surface area (Å²) in [5.74, 6) is 2.32. The molecule has 1 aliphatic rings. The van der Waals surface area contributed by atoms with Gasteiger partial charge in [0.25, 0.3) is 0 Å². The fraction of sp³-hybridized carbons (Fsp3) is 0.387. The van der Waals surface area contributed by atoms with E-state index in [2.05, 4.69) is 10.6 Å². The van der Waals surface area contributed by atoms with Crippen molar-refractivity contribution in [2.24, 2.45) is 0 Å². The van der Waals surface area contributed by atoms with E-state index >= 15 is 0 Å². The molecule has 4 rings (SSSR count). The zero-order valence-corrected chi connectivity index (χ0v) is 23.6. The van der Waals surface area contributed by atoms with Gasteiger partial charge in [0.05, 0.1) is 52.9 Å². The van der Waals surface area contributed by atoms with Crippen molar-refractivity contribution in [3.63, 3.8) is 0 Å². The summed E-state index contributed by atoms with van der Waals surface area (Å²) in [6.07, 6.45) is 0. The normalized spacial score (nSPS) is 16.4. The SMILES string of the molecule is O=C(Nc1ccccc1)Nc1ccc2c(c1)OCCOCCOCCOc1ccccc1OCCOCCOCCO2. The molecule has 0 radical (unpaired) electrons. The van der Waals surface area contributed by atoms with Gasteiger partial charge in [-0.05, 0) is 36.4 Å². The van der Waals surface area contributed by atoms with E-state index in [1.807, 2.05) is 54.6 Å². The molecule has 0 aliphatic carbocycles. The van der Waals surface area contributed by atoms with Crippen LogP contribution in [-0.4, -0.2) is 85.3 Å². The number of nitrogens with one attached hydrogen (secondary N) is 2. The second-order valence-corrected chi connectivity index (χ2v) is 8.90. The van der Waals surface area contributed by atoms with Crippen molar-refractivity contribution in [1.82, 2.24) is 0 Å². The lowest BCUT2D eigenvalue weighted by molar-refractivity contribution is 0.0223. The minimum absolute atomic E-state index is 0.282. The topological polar surface area (TPSA) is 115 Å². The number of para-hydroxylation sites is 3. The summed E-state index contributed by atoms with van der Waals surface area (Å²) in [6.45, 7) is 4.58. The Kier molecular flexibility index (Phi) is 13.6. The van der Waals surface area contributed by atoms with Crippen LogP contribution in [0, 0.1) is 0 Å². The molecule has 0 unspecified atom stereocenters. The van der Waals surface area contributed by atoms with E-state index in [-0.39, 0.29) is 12.6 Å². The van der Waals surface area contributed by atoms with Crippen LogP contribution in [0.4, 0.5) is 16.2 Å². The van der Waals surface area contributed by atoms with Gasteiger partial charge in [-0.15, -0.1) is 0 Å². The molecule has 11 heteroatoms. The molecule has 1 heterocycles. The zero-order chi connectivity index (χ0) is 29.1. The van der Waals surface area contributed by atoms with Crippen LogP contribution in [0.1, 0.15) is 0 Å². The van der Waals surface area contributed by atoms with Gasteiger partial charge in [-0.2, -0.15) is 0 Å². The van der Waals surface area contributed by atoms with Crippen LogP contribution in [0.5, 0.6) is 23.0 Å².